The van der Waals surface area contributed by atoms with Crippen LogP contribution in [-0.2, 0) is 0 Å². The van der Waals surface area contributed by atoms with E-state index < -0.39 is 0 Å². The van der Waals surface area contributed by atoms with Gasteiger partial charge in [-0.15, -0.1) is 0 Å². The summed E-state index contributed by atoms with van der Waals surface area (Å²) in [5, 5.41) is 3.39. The molecule has 1 N–H and O–H groups in total. The molecular weight excluding hydrogens is 218 g/mol. The fraction of sp³-hybridized carbons (Fsp3) is 0.412. The third-order valence-corrected chi connectivity index (χ3v) is 2.99. The fourth-order valence-corrected chi connectivity index (χ4v) is 1.82. The molecule has 0 saturated carbocycles. The highest BCUT2D eigenvalue weighted by Gasteiger charge is 1.93. The average molecular weight is 243 g/mol. The van der Waals surface area contributed by atoms with E-state index in [1.807, 2.05) is 18.2 Å². The van der Waals surface area contributed by atoms with Crippen molar-refractivity contribution in [1.82, 2.24) is 0 Å². The number of para-hydroxylation sites is 1. The van der Waals surface area contributed by atoms with Crippen molar-refractivity contribution >= 4 is 5.69 Å². The monoisotopic (exact) mass is 243 g/mol. The van der Waals surface area contributed by atoms with E-state index in [9.17, 15) is 0 Å². The molecular formula is C17H25N. The molecule has 0 heterocycles. The van der Waals surface area contributed by atoms with E-state index >= 15 is 0 Å². The minimum absolute atomic E-state index is 1.14. The molecule has 0 saturated heterocycles. The normalized spacial score (nSPS) is 12.6. The lowest BCUT2D eigenvalue weighted by atomic mass is 10.1. The summed E-state index contributed by atoms with van der Waals surface area (Å²) in [6, 6.07) is 10.3. The lowest BCUT2D eigenvalue weighted by Crippen LogP contribution is -1.94. The van der Waals surface area contributed by atoms with Gasteiger partial charge in [-0.25, -0.2) is 0 Å². The van der Waals surface area contributed by atoms with E-state index in [2.05, 4.69) is 50.4 Å². The minimum Gasteiger partial charge on any atom is -0.359 e. The van der Waals surface area contributed by atoms with Crippen molar-refractivity contribution in [2.24, 2.45) is 0 Å². The average Bonchev–Trinajstić information content (AvgIpc) is 2.40. The van der Waals surface area contributed by atoms with Crippen LogP contribution in [-0.4, -0.2) is 0 Å². The van der Waals surface area contributed by atoms with Gasteiger partial charge < -0.3 is 5.32 Å². The van der Waals surface area contributed by atoms with E-state index in [-0.39, 0.29) is 0 Å². The van der Waals surface area contributed by atoms with Gasteiger partial charge in [0.15, 0.2) is 0 Å². The quantitative estimate of drug-likeness (QED) is 0.621. The Labute approximate surface area is 112 Å². The fourth-order valence-electron chi connectivity index (χ4n) is 1.82. The van der Waals surface area contributed by atoms with Crippen LogP contribution in [0.2, 0.25) is 0 Å². The van der Waals surface area contributed by atoms with Crippen LogP contribution in [0.25, 0.3) is 0 Å². The topological polar surface area (TPSA) is 12.0 Å². The summed E-state index contributed by atoms with van der Waals surface area (Å²) < 4.78 is 0. The molecule has 0 aromatic heterocycles. The first-order valence-electron chi connectivity index (χ1n) is 6.94. The first-order chi connectivity index (χ1) is 8.76. The Morgan fingerprint density at radius 2 is 1.83 bits per heavy atom. The Morgan fingerprint density at radius 1 is 1.11 bits per heavy atom. The summed E-state index contributed by atoms with van der Waals surface area (Å²) >= 11 is 0. The van der Waals surface area contributed by atoms with Crippen LogP contribution in [0.4, 0.5) is 5.69 Å². The second-order valence-electron chi connectivity index (χ2n) is 4.62. The second-order valence-corrected chi connectivity index (χ2v) is 4.62. The van der Waals surface area contributed by atoms with Crippen molar-refractivity contribution in [2.75, 3.05) is 5.32 Å². The number of rotatable bonds is 7. The van der Waals surface area contributed by atoms with Gasteiger partial charge >= 0.3 is 0 Å². The Kier molecular flexibility index (Phi) is 6.93. The molecule has 0 amide bonds. The van der Waals surface area contributed by atoms with Crippen LogP contribution in [0, 0.1) is 0 Å². The first-order valence-corrected chi connectivity index (χ1v) is 6.94. The Bertz CT molecular complexity index is 387. The summed E-state index contributed by atoms with van der Waals surface area (Å²) in [7, 11) is 0. The van der Waals surface area contributed by atoms with Crippen LogP contribution < -0.4 is 5.32 Å². The Hall–Kier alpha value is -1.50. The van der Waals surface area contributed by atoms with E-state index in [4.69, 9.17) is 0 Å². The summed E-state index contributed by atoms with van der Waals surface area (Å²) in [5.41, 5.74) is 3.86. The van der Waals surface area contributed by atoms with Gasteiger partial charge in [-0.05, 0) is 44.4 Å². The molecule has 1 heteroatoms. The molecule has 0 unspecified atom stereocenters. The molecule has 0 fully saturated rings. The number of hydrogen-bond acceptors (Lipinski definition) is 1. The van der Waals surface area contributed by atoms with Gasteiger partial charge in [0, 0.05) is 11.4 Å². The highest BCUT2D eigenvalue weighted by atomic mass is 14.9. The number of benzene rings is 1. The predicted molar refractivity (Wildman–Crippen MR) is 81.7 cm³/mol. The first kappa shape index (κ1) is 14.6. The maximum atomic E-state index is 3.39. The van der Waals surface area contributed by atoms with Crippen LogP contribution in [0.15, 0.2) is 53.8 Å². The standard InChI is InChI=1S/C17H25N/c1-4-6-10-16(5-2)14-13-15(3)18-17-11-8-7-9-12-17/h7-9,11-14,18H,4-6,10H2,1-3H3/b15-13+,16-14+. The van der Waals surface area contributed by atoms with Crippen molar-refractivity contribution in [3.8, 4) is 0 Å². The van der Waals surface area contributed by atoms with Gasteiger partial charge in [0.2, 0.25) is 0 Å². The van der Waals surface area contributed by atoms with Crippen LogP contribution in [0.3, 0.4) is 0 Å². The van der Waals surface area contributed by atoms with Gasteiger partial charge in [-0.2, -0.15) is 0 Å². The molecule has 1 nitrogen and oxygen atoms in total. The van der Waals surface area contributed by atoms with Gasteiger partial charge in [-0.1, -0.05) is 50.1 Å². The number of hydrogen-bond donors (Lipinski definition) is 1. The number of allylic oxidation sites excluding steroid dienone is 4. The third-order valence-electron chi connectivity index (χ3n) is 2.99. The zero-order valence-electron chi connectivity index (χ0n) is 11.9. The zero-order valence-corrected chi connectivity index (χ0v) is 11.9. The molecule has 1 aromatic rings. The summed E-state index contributed by atoms with van der Waals surface area (Å²) in [6.07, 6.45) is 9.38. The molecule has 0 spiro atoms. The zero-order chi connectivity index (χ0) is 13.2. The highest BCUT2D eigenvalue weighted by molar-refractivity contribution is 5.47. The third kappa shape index (κ3) is 5.72. The highest BCUT2D eigenvalue weighted by Crippen LogP contribution is 2.13. The molecule has 0 atom stereocenters. The SMILES string of the molecule is CCCC/C(=C/C=C(\C)Nc1ccccc1)CC. The van der Waals surface area contributed by atoms with Crippen molar-refractivity contribution in [2.45, 2.75) is 46.5 Å². The van der Waals surface area contributed by atoms with Crippen LogP contribution in [0.1, 0.15) is 46.5 Å². The lowest BCUT2D eigenvalue weighted by molar-refractivity contribution is 0.766. The molecule has 1 aromatic carbocycles. The largest absolute Gasteiger partial charge is 0.359 e. The van der Waals surface area contributed by atoms with Gasteiger partial charge in [0.1, 0.15) is 0 Å². The number of anilines is 1. The lowest BCUT2D eigenvalue weighted by Gasteiger charge is -2.06. The van der Waals surface area contributed by atoms with Gasteiger partial charge in [-0.3, -0.25) is 0 Å². The molecule has 18 heavy (non-hydrogen) atoms. The van der Waals surface area contributed by atoms with E-state index in [0.717, 1.165) is 12.1 Å². The molecule has 0 aliphatic rings. The molecule has 98 valence electrons. The summed E-state index contributed by atoms with van der Waals surface area (Å²) in [4.78, 5) is 0. The number of unbranched alkanes of at least 4 members (excludes halogenated alkanes) is 1. The van der Waals surface area contributed by atoms with Crippen LogP contribution in [0.5, 0.6) is 0 Å². The van der Waals surface area contributed by atoms with Gasteiger partial charge in [0.25, 0.3) is 0 Å². The maximum Gasteiger partial charge on any atom is 0.0381 e. The number of nitrogens with one attached hydrogen (secondary N) is 1. The van der Waals surface area contributed by atoms with Crippen molar-refractivity contribution in [1.29, 1.82) is 0 Å². The summed E-state index contributed by atoms with van der Waals surface area (Å²) in [5.74, 6) is 0. The molecule has 0 aliphatic carbocycles. The molecule has 0 radical (unpaired) electrons. The smallest absolute Gasteiger partial charge is 0.0381 e. The molecule has 0 bridgehead atoms. The molecule has 1 rings (SSSR count). The Morgan fingerprint density at radius 3 is 2.44 bits per heavy atom. The van der Waals surface area contributed by atoms with Gasteiger partial charge in [0.05, 0.1) is 0 Å². The van der Waals surface area contributed by atoms with Crippen molar-refractivity contribution < 1.29 is 0 Å². The Balaban J connectivity index is 2.56. The van der Waals surface area contributed by atoms with E-state index in [1.165, 1.54) is 30.5 Å². The minimum atomic E-state index is 1.14. The second kappa shape index (κ2) is 8.57. The van der Waals surface area contributed by atoms with Crippen LogP contribution >= 0.6 is 0 Å². The molecule has 0 aliphatic heterocycles. The van der Waals surface area contributed by atoms with E-state index in [1.54, 1.807) is 0 Å². The predicted octanol–water partition coefficient (Wildman–Crippen LogP) is 5.53. The van der Waals surface area contributed by atoms with E-state index in [0.29, 0.717) is 0 Å². The summed E-state index contributed by atoms with van der Waals surface area (Å²) in [6.45, 7) is 6.58. The van der Waals surface area contributed by atoms with Crippen molar-refractivity contribution in [3.05, 3.63) is 53.8 Å². The maximum absolute atomic E-state index is 3.39. The van der Waals surface area contributed by atoms with Crippen molar-refractivity contribution in [3.63, 3.8) is 0 Å².